The summed E-state index contributed by atoms with van der Waals surface area (Å²) in [5.41, 5.74) is 4.94. The molecule has 0 spiro atoms. The largest absolute Gasteiger partial charge is 0.493 e. The zero-order chi connectivity index (χ0) is 20.2. The molecule has 1 aromatic carbocycles. The first-order valence-electron chi connectivity index (χ1n) is 9.59. The summed E-state index contributed by atoms with van der Waals surface area (Å²) in [6.45, 7) is 2.78. The van der Waals surface area contributed by atoms with Crippen LogP contribution in [-0.2, 0) is 16.0 Å². The maximum atomic E-state index is 11.2. The number of carboxylic acid groups (broad SMARTS) is 1. The van der Waals surface area contributed by atoms with Crippen molar-refractivity contribution in [2.75, 3.05) is 13.2 Å². The van der Waals surface area contributed by atoms with Crippen LogP contribution in [-0.4, -0.2) is 30.4 Å². The summed E-state index contributed by atoms with van der Waals surface area (Å²) < 4.78 is 11.1. The Kier molecular flexibility index (Phi) is 6.13. The van der Waals surface area contributed by atoms with Crippen molar-refractivity contribution < 1.29 is 19.4 Å². The Morgan fingerprint density at radius 3 is 2.31 bits per heavy atom. The van der Waals surface area contributed by atoms with E-state index in [1.54, 1.807) is 29.6 Å². The fourth-order valence-electron chi connectivity index (χ4n) is 3.48. The first-order chi connectivity index (χ1) is 14.2. The Labute approximate surface area is 178 Å². The third-order valence-corrected chi connectivity index (χ3v) is 6.73. The number of carboxylic acids is 1. The average molecular weight is 427 g/mol. The minimum Gasteiger partial charge on any atom is -0.493 e. The van der Waals surface area contributed by atoms with Gasteiger partial charge >= 0.3 is 5.97 Å². The summed E-state index contributed by atoms with van der Waals surface area (Å²) in [5.74, 6) is -0.148. The van der Waals surface area contributed by atoms with Crippen molar-refractivity contribution in [2.45, 2.75) is 25.9 Å². The SMILES string of the molecule is CCOC(Cc1ccc(OCCC=C2c3sccc3-c3ccsc32)cc1)C(=O)O. The molecule has 1 atom stereocenters. The Bertz CT molecular complexity index is 971. The number of rotatable bonds is 9. The molecule has 1 unspecified atom stereocenters. The Morgan fingerprint density at radius 2 is 1.72 bits per heavy atom. The van der Waals surface area contributed by atoms with Gasteiger partial charge in [0.05, 0.1) is 6.61 Å². The van der Waals surface area contributed by atoms with Crippen LogP contribution >= 0.6 is 22.7 Å². The molecule has 29 heavy (non-hydrogen) atoms. The third-order valence-electron chi connectivity index (χ3n) is 4.83. The van der Waals surface area contributed by atoms with E-state index in [-0.39, 0.29) is 0 Å². The molecule has 0 saturated carbocycles. The van der Waals surface area contributed by atoms with Crippen LogP contribution in [0.1, 0.15) is 28.7 Å². The van der Waals surface area contributed by atoms with Crippen molar-refractivity contribution in [1.29, 1.82) is 0 Å². The van der Waals surface area contributed by atoms with Crippen molar-refractivity contribution in [1.82, 2.24) is 0 Å². The van der Waals surface area contributed by atoms with Crippen molar-refractivity contribution in [3.63, 3.8) is 0 Å². The first-order valence-corrected chi connectivity index (χ1v) is 11.4. The topological polar surface area (TPSA) is 55.8 Å². The quantitative estimate of drug-likeness (QED) is 0.348. The molecule has 0 bridgehead atoms. The standard InChI is InChI=1S/C23H22O4S2/c1-2-26-20(23(24)25)14-15-5-7-16(8-6-15)27-11-3-4-19-21-17(9-12-28-21)18-10-13-29-22(18)19/h4-10,12-13,20H,2-3,11,14H2,1H3,(H,24,25). The van der Waals surface area contributed by atoms with Crippen LogP contribution in [0.5, 0.6) is 5.75 Å². The Morgan fingerprint density at radius 1 is 1.07 bits per heavy atom. The van der Waals surface area contributed by atoms with Crippen LogP contribution in [0.3, 0.4) is 0 Å². The summed E-state index contributed by atoms with van der Waals surface area (Å²) in [4.78, 5) is 13.9. The van der Waals surface area contributed by atoms with Crippen LogP contribution in [0.4, 0.5) is 0 Å². The van der Waals surface area contributed by atoms with Gasteiger partial charge in [-0.05, 0) is 47.5 Å². The van der Waals surface area contributed by atoms with Gasteiger partial charge in [0.2, 0.25) is 0 Å². The number of carbonyl (C=O) groups is 1. The van der Waals surface area contributed by atoms with Gasteiger partial charge in [0.1, 0.15) is 5.75 Å². The number of fused-ring (bicyclic) bond motifs is 3. The second-order valence-electron chi connectivity index (χ2n) is 6.71. The molecule has 0 aliphatic heterocycles. The van der Waals surface area contributed by atoms with E-state index in [1.807, 2.05) is 24.3 Å². The van der Waals surface area contributed by atoms with E-state index in [0.29, 0.717) is 19.6 Å². The molecule has 1 aliphatic rings. The van der Waals surface area contributed by atoms with E-state index in [0.717, 1.165) is 17.7 Å². The predicted molar refractivity (Wildman–Crippen MR) is 118 cm³/mol. The van der Waals surface area contributed by atoms with Crippen LogP contribution < -0.4 is 4.74 Å². The van der Waals surface area contributed by atoms with Gasteiger partial charge < -0.3 is 14.6 Å². The predicted octanol–water partition coefficient (Wildman–Crippen LogP) is 5.72. The van der Waals surface area contributed by atoms with Crippen molar-refractivity contribution in [3.8, 4) is 16.9 Å². The molecule has 0 saturated heterocycles. The van der Waals surface area contributed by atoms with E-state index < -0.39 is 12.1 Å². The average Bonchev–Trinajstić information content (AvgIpc) is 3.41. The maximum absolute atomic E-state index is 11.2. The van der Waals surface area contributed by atoms with Crippen LogP contribution in [0.2, 0.25) is 0 Å². The fraction of sp³-hybridized carbons (Fsp3) is 0.261. The van der Waals surface area contributed by atoms with Gasteiger partial charge in [-0.2, -0.15) is 0 Å². The molecule has 4 rings (SSSR count). The molecule has 6 heteroatoms. The molecule has 3 aromatic rings. The minimum absolute atomic E-state index is 0.349. The highest BCUT2D eigenvalue weighted by molar-refractivity contribution is 7.15. The lowest BCUT2D eigenvalue weighted by Gasteiger charge is -2.12. The van der Waals surface area contributed by atoms with Gasteiger partial charge in [0, 0.05) is 45.9 Å². The Balaban J connectivity index is 1.33. The van der Waals surface area contributed by atoms with E-state index in [4.69, 9.17) is 9.47 Å². The number of hydrogen-bond donors (Lipinski definition) is 1. The maximum Gasteiger partial charge on any atom is 0.333 e. The zero-order valence-electron chi connectivity index (χ0n) is 16.1. The molecular weight excluding hydrogens is 404 g/mol. The van der Waals surface area contributed by atoms with Crippen LogP contribution in [0.15, 0.2) is 53.2 Å². The van der Waals surface area contributed by atoms with Gasteiger partial charge in [-0.1, -0.05) is 18.2 Å². The second-order valence-corrected chi connectivity index (χ2v) is 8.54. The molecule has 2 aromatic heterocycles. The Hall–Kier alpha value is -2.41. The minimum atomic E-state index is -0.935. The number of ether oxygens (including phenoxy) is 2. The smallest absolute Gasteiger partial charge is 0.333 e. The molecule has 1 N–H and O–H groups in total. The third kappa shape index (κ3) is 4.29. The summed E-state index contributed by atoms with van der Waals surface area (Å²) >= 11 is 3.59. The highest BCUT2D eigenvalue weighted by Crippen LogP contribution is 2.49. The lowest BCUT2D eigenvalue weighted by atomic mass is 10.1. The first kappa shape index (κ1) is 19.9. The van der Waals surface area contributed by atoms with Crippen LogP contribution in [0, 0.1) is 0 Å². The highest BCUT2D eigenvalue weighted by atomic mass is 32.1. The van der Waals surface area contributed by atoms with Gasteiger partial charge in [-0.15, -0.1) is 22.7 Å². The summed E-state index contributed by atoms with van der Waals surface area (Å²) in [7, 11) is 0. The molecule has 0 radical (unpaired) electrons. The van der Waals surface area contributed by atoms with Gasteiger partial charge in [0.15, 0.2) is 6.10 Å². The molecular formula is C23H22O4S2. The van der Waals surface area contributed by atoms with Gasteiger partial charge in [-0.25, -0.2) is 4.79 Å². The van der Waals surface area contributed by atoms with E-state index in [1.165, 1.54) is 26.5 Å². The van der Waals surface area contributed by atoms with Gasteiger partial charge in [0.25, 0.3) is 0 Å². The van der Waals surface area contributed by atoms with E-state index in [9.17, 15) is 9.90 Å². The van der Waals surface area contributed by atoms with E-state index >= 15 is 0 Å². The summed E-state index contributed by atoms with van der Waals surface area (Å²) in [6, 6.07) is 12.0. The number of benzene rings is 1. The van der Waals surface area contributed by atoms with Crippen LogP contribution in [0.25, 0.3) is 16.7 Å². The van der Waals surface area contributed by atoms with Gasteiger partial charge in [-0.3, -0.25) is 0 Å². The molecule has 1 aliphatic carbocycles. The van der Waals surface area contributed by atoms with E-state index in [2.05, 4.69) is 29.0 Å². The lowest BCUT2D eigenvalue weighted by Crippen LogP contribution is -2.26. The number of hydrogen-bond acceptors (Lipinski definition) is 5. The molecule has 2 heterocycles. The summed E-state index contributed by atoms with van der Waals surface area (Å²) in [6.07, 6.45) is 2.64. The van der Waals surface area contributed by atoms with Crippen molar-refractivity contribution in [2.24, 2.45) is 0 Å². The lowest BCUT2D eigenvalue weighted by molar-refractivity contribution is -0.149. The fourth-order valence-corrected chi connectivity index (χ4v) is 5.46. The molecule has 0 fully saturated rings. The summed E-state index contributed by atoms with van der Waals surface area (Å²) in [5, 5.41) is 13.5. The normalized spacial score (nSPS) is 13.1. The number of aliphatic carboxylic acids is 1. The second kappa shape index (κ2) is 8.95. The molecule has 0 amide bonds. The molecule has 150 valence electrons. The van der Waals surface area contributed by atoms with Crippen molar-refractivity contribution >= 4 is 34.2 Å². The highest BCUT2D eigenvalue weighted by Gasteiger charge is 2.25. The molecule has 4 nitrogen and oxygen atoms in total. The zero-order valence-corrected chi connectivity index (χ0v) is 17.7. The number of thiophene rings is 2. The van der Waals surface area contributed by atoms with Crippen molar-refractivity contribution in [3.05, 3.63) is 68.6 Å². The monoisotopic (exact) mass is 426 g/mol.